The van der Waals surface area contributed by atoms with Crippen molar-refractivity contribution in [1.82, 2.24) is 9.97 Å². The zero-order valence-corrected chi connectivity index (χ0v) is 23.2. The van der Waals surface area contributed by atoms with E-state index in [-0.39, 0.29) is 11.6 Å². The molecular formula is C33H43FN2O2. The lowest BCUT2D eigenvalue weighted by atomic mass is 10.0. The van der Waals surface area contributed by atoms with Crippen LogP contribution in [-0.4, -0.2) is 15.9 Å². The average molecular weight is 519 g/mol. The first-order valence-electron chi connectivity index (χ1n) is 14.5. The summed E-state index contributed by atoms with van der Waals surface area (Å²) in [5.74, 6) is -0.00156. The van der Waals surface area contributed by atoms with Crippen LogP contribution in [0.25, 0.3) is 11.4 Å². The number of carbonyl (C=O) groups is 1. The zero-order valence-electron chi connectivity index (χ0n) is 23.2. The van der Waals surface area contributed by atoms with Gasteiger partial charge in [0.15, 0.2) is 5.82 Å². The molecule has 0 amide bonds. The second-order valence-electron chi connectivity index (χ2n) is 10.2. The summed E-state index contributed by atoms with van der Waals surface area (Å²) in [6.07, 6.45) is 20.1. The van der Waals surface area contributed by atoms with Crippen LogP contribution in [0.1, 0.15) is 112 Å². The van der Waals surface area contributed by atoms with Crippen LogP contribution in [0.2, 0.25) is 0 Å². The van der Waals surface area contributed by atoms with E-state index in [1.165, 1.54) is 63.9 Å². The molecule has 0 aliphatic carbocycles. The van der Waals surface area contributed by atoms with Gasteiger partial charge in [-0.05, 0) is 55.0 Å². The number of benzene rings is 2. The molecule has 0 bridgehead atoms. The number of aryl methyl sites for hydroxylation is 2. The maximum absolute atomic E-state index is 14.5. The van der Waals surface area contributed by atoms with E-state index in [2.05, 4.69) is 23.8 Å². The number of unbranched alkanes of at least 4 members (excludes halogenated alkanes) is 10. The predicted molar refractivity (Wildman–Crippen MR) is 153 cm³/mol. The van der Waals surface area contributed by atoms with E-state index < -0.39 is 5.97 Å². The van der Waals surface area contributed by atoms with Crippen LogP contribution in [0, 0.1) is 5.82 Å². The highest BCUT2D eigenvalue weighted by atomic mass is 19.1. The fourth-order valence-electron chi connectivity index (χ4n) is 4.55. The molecule has 2 aromatic carbocycles. The Bertz CT molecular complexity index is 1100. The van der Waals surface area contributed by atoms with Gasteiger partial charge in [-0.25, -0.2) is 19.2 Å². The van der Waals surface area contributed by atoms with E-state index in [1.54, 1.807) is 24.3 Å². The lowest BCUT2D eigenvalue weighted by Crippen LogP contribution is -2.09. The SMILES string of the molecule is CCCCCCCCc1cnc(-c2ccc(C(=O)Oc3ccc(CCCCCCCC)c(F)c3)cc2)nc1. The molecule has 38 heavy (non-hydrogen) atoms. The monoisotopic (exact) mass is 518 g/mol. The number of esters is 1. The van der Waals surface area contributed by atoms with Gasteiger partial charge in [0.05, 0.1) is 5.56 Å². The van der Waals surface area contributed by atoms with Crippen LogP contribution in [0.3, 0.4) is 0 Å². The maximum Gasteiger partial charge on any atom is 0.343 e. The molecule has 0 unspecified atom stereocenters. The minimum Gasteiger partial charge on any atom is -0.423 e. The summed E-state index contributed by atoms with van der Waals surface area (Å²) in [5, 5.41) is 0. The fraction of sp³-hybridized carbons (Fsp3) is 0.485. The van der Waals surface area contributed by atoms with E-state index in [0.29, 0.717) is 23.4 Å². The van der Waals surface area contributed by atoms with Gasteiger partial charge in [-0.1, -0.05) is 96.3 Å². The molecule has 0 atom stereocenters. The third-order valence-corrected chi connectivity index (χ3v) is 6.94. The predicted octanol–water partition coefficient (Wildman–Crippen LogP) is 9.31. The summed E-state index contributed by atoms with van der Waals surface area (Å²) in [6.45, 7) is 4.43. The Morgan fingerprint density at radius 2 is 1.32 bits per heavy atom. The van der Waals surface area contributed by atoms with Crippen LogP contribution >= 0.6 is 0 Å². The van der Waals surface area contributed by atoms with E-state index in [9.17, 15) is 9.18 Å². The topological polar surface area (TPSA) is 52.1 Å². The first-order chi connectivity index (χ1) is 18.6. The summed E-state index contributed by atoms with van der Waals surface area (Å²) >= 11 is 0. The van der Waals surface area contributed by atoms with Gasteiger partial charge >= 0.3 is 5.97 Å². The van der Waals surface area contributed by atoms with Crippen molar-refractivity contribution in [3.05, 3.63) is 77.4 Å². The maximum atomic E-state index is 14.5. The van der Waals surface area contributed by atoms with Crippen LogP contribution < -0.4 is 4.74 Å². The molecule has 1 aromatic heterocycles. The van der Waals surface area contributed by atoms with E-state index in [1.807, 2.05) is 24.5 Å². The molecule has 1 heterocycles. The van der Waals surface area contributed by atoms with Gasteiger partial charge in [-0.15, -0.1) is 0 Å². The summed E-state index contributed by atoms with van der Waals surface area (Å²) in [7, 11) is 0. The van der Waals surface area contributed by atoms with Gasteiger partial charge in [-0.2, -0.15) is 0 Å². The molecule has 3 aromatic rings. The minimum atomic E-state index is -0.519. The van der Waals surface area contributed by atoms with E-state index >= 15 is 0 Å². The summed E-state index contributed by atoms with van der Waals surface area (Å²) in [5.41, 5.74) is 3.04. The van der Waals surface area contributed by atoms with Crippen molar-refractivity contribution >= 4 is 5.97 Å². The minimum absolute atomic E-state index is 0.215. The molecule has 0 saturated carbocycles. The molecule has 204 valence electrons. The Kier molecular flexibility index (Phi) is 13.0. The van der Waals surface area contributed by atoms with Crippen molar-refractivity contribution in [2.45, 2.75) is 104 Å². The zero-order chi connectivity index (χ0) is 27.0. The fourth-order valence-corrected chi connectivity index (χ4v) is 4.55. The number of ether oxygens (including phenoxy) is 1. The number of aromatic nitrogens is 2. The van der Waals surface area contributed by atoms with Gasteiger partial charge < -0.3 is 4.74 Å². The Balaban J connectivity index is 1.47. The van der Waals surface area contributed by atoms with Gasteiger partial charge in [0.25, 0.3) is 0 Å². The molecule has 0 radical (unpaired) electrons. The molecule has 0 fully saturated rings. The lowest BCUT2D eigenvalue weighted by molar-refractivity contribution is 0.0734. The molecular weight excluding hydrogens is 475 g/mol. The van der Waals surface area contributed by atoms with Crippen molar-refractivity contribution in [3.8, 4) is 17.1 Å². The van der Waals surface area contributed by atoms with Crippen molar-refractivity contribution < 1.29 is 13.9 Å². The van der Waals surface area contributed by atoms with Crippen LogP contribution in [-0.2, 0) is 12.8 Å². The number of nitrogens with zero attached hydrogens (tertiary/aromatic N) is 2. The second-order valence-corrected chi connectivity index (χ2v) is 10.2. The number of carbonyl (C=O) groups excluding carboxylic acids is 1. The summed E-state index contributed by atoms with van der Waals surface area (Å²) < 4.78 is 20.0. The highest BCUT2D eigenvalue weighted by Crippen LogP contribution is 2.21. The lowest BCUT2D eigenvalue weighted by Gasteiger charge is -2.08. The van der Waals surface area contributed by atoms with E-state index in [0.717, 1.165) is 36.8 Å². The highest BCUT2D eigenvalue weighted by molar-refractivity contribution is 5.91. The summed E-state index contributed by atoms with van der Waals surface area (Å²) in [6, 6.07) is 11.7. The second kappa shape index (κ2) is 16.7. The third-order valence-electron chi connectivity index (χ3n) is 6.94. The van der Waals surface area contributed by atoms with Crippen molar-refractivity contribution in [3.63, 3.8) is 0 Å². The molecule has 0 spiro atoms. The average Bonchev–Trinajstić information content (AvgIpc) is 2.94. The van der Waals surface area contributed by atoms with Gasteiger partial charge in [-0.3, -0.25) is 0 Å². The Hall–Kier alpha value is -3.08. The standard InChI is InChI=1S/C33H43FN2O2/c1-3-5-7-9-11-13-15-26-24-35-32(36-25-26)28-17-19-29(20-18-28)33(37)38-30-22-21-27(31(34)23-30)16-14-12-10-8-6-4-2/h17-25H,3-16H2,1-2H3. The van der Waals surface area contributed by atoms with Gasteiger partial charge in [0, 0.05) is 24.0 Å². The van der Waals surface area contributed by atoms with Crippen molar-refractivity contribution in [2.24, 2.45) is 0 Å². The Labute approximate surface area is 228 Å². The van der Waals surface area contributed by atoms with Crippen molar-refractivity contribution in [2.75, 3.05) is 0 Å². The number of hydrogen-bond acceptors (Lipinski definition) is 4. The van der Waals surface area contributed by atoms with Crippen LogP contribution in [0.4, 0.5) is 4.39 Å². The molecule has 0 aliphatic rings. The molecule has 5 heteroatoms. The highest BCUT2D eigenvalue weighted by Gasteiger charge is 2.12. The first-order valence-corrected chi connectivity index (χ1v) is 14.5. The smallest absolute Gasteiger partial charge is 0.343 e. The quantitative estimate of drug-likeness (QED) is 0.101. The first kappa shape index (κ1) is 29.5. The van der Waals surface area contributed by atoms with Crippen molar-refractivity contribution in [1.29, 1.82) is 0 Å². The van der Waals surface area contributed by atoms with Crippen LogP contribution in [0.5, 0.6) is 5.75 Å². The summed E-state index contributed by atoms with van der Waals surface area (Å²) in [4.78, 5) is 21.6. The van der Waals surface area contributed by atoms with Gasteiger partial charge in [0.2, 0.25) is 0 Å². The normalized spacial score (nSPS) is 11.0. The molecule has 0 N–H and O–H groups in total. The molecule has 4 nitrogen and oxygen atoms in total. The number of halogens is 1. The Morgan fingerprint density at radius 3 is 1.92 bits per heavy atom. The van der Waals surface area contributed by atoms with Crippen LogP contribution in [0.15, 0.2) is 54.9 Å². The molecule has 3 rings (SSSR count). The van der Waals surface area contributed by atoms with Gasteiger partial charge in [0.1, 0.15) is 11.6 Å². The Morgan fingerprint density at radius 1 is 0.737 bits per heavy atom. The largest absolute Gasteiger partial charge is 0.423 e. The molecule has 0 saturated heterocycles. The molecule has 0 aliphatic heterocycles. The van der Waals surface area contributed by atoms with E-state index in [4.69, 9.17) is 4.74 Å². The number of hydrogen-bond donors (Lipinski definition) is 0. The number of rotatable bonds is 17. The third kappa shape index (κ3) is 10.00.